The van der Waals surface area contributed by atoms with Gasteiger partial charge in [0.05, 0.1) is 11.4 Å². The van der Waals surface area contributed by atoms with Crippen LogP contribution in [0.25, 0.3) is 6.08 Å². The van der Waals surface area contributed by atoms with Gasteiger partial charge >= 0.3 is 0 Å². The highest BCUT2D eigenvalue weighted by atomic mass is 35.5. The predicted octanol–water partition coefficient (Wildman–Crippen LogP) is 1.96. The molecular weight excluding hydrogens is 238 g/mol. The lowest BCUT2D eigenvalue weighted by Gasteiger charge is -2.10. The molecule has 0 bridgehead atoms. The van der Waals surface area contributed by atoms with Crippen LogP contribution in [0.3, 0.4) is 0 Å². The van der Waals surface area contributed by atoms with Gasteiger partial charge in [0.1, 0.15) is 5.16 Å². The zero-order chi connectivity index (χ0) is 12.4. The first-order chi connectivity index (χ1) is 8.08. The maximum atomic E-state index is 11.1. The van der Waals surface area contributed by atoms with E-state index in [1.807, 2.05) is 24.3 Å². The highest BCUT2D eigenvalue weighted by Crippen LogP contribution is 2.27. The number of hydrogen-bond acceptors (Lipinski definition) is 3. The second kappa shape index (κ2) is 4.51. The van der Waals surface area contributed by atoms with Gasteiger partial charge in [-0.1, -0.05) is 29.8 Å². The molecule has 0 saturated heterocycles. The van der Waals surface area contributed by atoms with Gasteiger partial charge in [-0.3, -0.25) is 4.79 Å². The van der Waals surface area contributed by atoms with Crippen LogP contribution < -0.4 is 16.4 Å². The van der Waals surface area contributed by atoms with E-state index in [4.69, 9.17) is 17.3 Å². The molecule has 5 heteroatoms. The summed E-state index contributed by atoms with van der Waals surface area (Å²) < 4.78 is 0. The average Bonchev–Trinajstić information content (AvgIpc) is 2.38. The third kappa shape index (κ3) is 2.42. The van der Waals surface area contributed by atoms with Crippen LogP contribution >= 0.6 is 11.6 Å². The summed E-state index contributed by atoms with van der Waals surface area (Å²) in [4.78, 5) is 11.1. The van der Waals surface area contributed by atoms with E-state index in [2.05, 4.69) is 10.6 Å². The number of carbonyl (C=O) groups is 1. The van der Waals surface area contributed by atoms with E-state index in [0.29, 0.717) is 16.6 Å². The lowest BCUT2D eigenvalue weighted by molar-refractivity contribution is -0.118. The van der Waals surface area contributed by atoms with Crippen molar-refractivity contribution >= 4 is 29.3 Å². The van der Waals surface area contributed by atoms with Crippen molar-refractivity contribution in [3.05, 3.63) is 46.4 Å². The molecule has 1 aliphatic rings. The topological polar surface area (TPSA) is 67.2 Å². The van der Waals surface area contributed by atoms with E-state index >= 15 is 0 Å². The first-order valence-corrected chi connectivity index (χ1v) is 5.46. The molecule has 4 N–H and O–H groups in total. The Morgan fingerprint density at radius 1 is 1.41 bits per heavy atom. The highest BCUT2D eigenvalue weighted by molar-refractivity contribution is 6.31. The number of fused-ring (bicyclic) bond motifs is 1. The van der Waals surface area contributed by atoms with Crippen LogP contribution in [0.15, 0.2) is 40.8 Å². The van der Waals surface area contributed by atoms with Crippen LogP contribution in [0.1, 0.15) is 12.5 Å². The third-order valence-corrected chi connectivity index (χ3v) is 2.61. The van der Waals surface area contributed by atoms with Gasteiger partial charge < -0.3 is 16.4 Å². The maximum absolute atomic E-state index is 11.1. The molecular formula is C12H12ClN3O. The summed E-state index contributed by atoms with van der Waals surface area (Å²) in [6.45, 7) is 1.41. The minimum atomic E-state index is -0.220. The molecule has 0 aliphatic carbocycles. The lowest BCUT2D eigenvalue weighted by Crippen LogP contribution is -2.25. The molecule has 1 aromatic rings. The van der Waals surface area contributed by atoms with E-state index in [0.717, 1.165) is 11.3 Å². The van der Waals surface area contributed by atoms with E-state index in [1.54, 1.807) is 6.08 Å². The van der Waals surface area contributed by atoms with Gasteiger partial charge in [0, 0.05) is 18.2 Å². The van der Waals surface area contributed by atoms with E-state index < -0.39 is 0 Å². The van der Waals surface area contributed by atoms with Crippen molar-refractivity contribution in [1.29, 1.82) is 0 Å². The van der Waals surface area contributed by atoms with Gasteiger partial charge in [0.15, 0.2) is 0 Å². The number of nitrogens with one attached hydrogen (secondary N) is 2. The third-order valence-electron chi connectivity index (χ3n) is 2.33. The maximum Gasteiger partial charge on any atom is 0.221 e. The summed E-state index contributed by atoms with van der Waals surface area (Å²) in [5, 5.41) is 5.92. The number of carbonyl (C=O) groups excluding carboxylic acids is 1. The van der Waals surface area contributed by atoms with Gasteiger partial charge in [0.2, 0.25) is 5.91 Å². The van der Waals surface area contributed by atoms with Crippen molar-refractivity contribution in [3.63, 3.8) is 0 Å². The molecule has 0 spiro atoms. The molecule has 0 saturated carbocycles. The van der Waals surface area contributed by atoms with Crippen molar-refractivity contribution in [2.75, 3.05) is 5.32 Å². The van der Waals surface area contributed by atoms with Crippen molar-refractivity contribution in [3.8, 4) is 0 Å². The van der Waals surface area contributed by atoms with E-state index in [1.165, 1.54) is 6.92 Å². The first-order valence-electron chi connectivity index (χ1n) is 5.09. The highest BCUT2D eigenvalue weighted by Gasteiger charge is 2.15. The molecule has 0 radical (unpaired) electrons. The molecule has 0 fully saturated rings. The Morgan fingerprint density at radius 2 is 2.12 bits per heavy atom. The van der Waals surface area contributed by atoms with Gasteiger partial charge in [-0.15, -0.1) is 0 Å². The van der Waals surface area contributed by atoms with Crippen molar-refractivity contribution in [1.82, 2.24) is 5.32 Å². The molecule has 88 valence electrons. The van der Waals surface area contributed by atoms with Crippen molar-refractivity contribution in [2.24, 2.45) is 5.73 Å². The van der Waals surface area contributed by atoms with Gasteiger partial charge in [0.25, 0.3) is 0 Å². The quantitative estimate of drug-likeness (QED) is 0.667. The number of anilines is 1. The SMILES string of the molecule is CC(=O)NC1=C(Cl)Nc2ccccc2C=C1N. The number of rotatable bonds is 1. The van der Waals surface area contributed by atoms with Crippen LogP contribution in [0, 0.1) is 0 Å². The monoisotopic (exact) mass is 249 g/mol. The van der Waals surface area contributed by atoms with Crippen molar-refractivity contribution in [2.45, 2.75) is 6.92 Å². The Balaban J connectivity index is 2.47. The van der Waals surface area contributed by atoms with Gasteiger partial charge in [-0.05, 0) is 12.1 Å². The smallest absolute Gasteiger partial charge is 0.221 e. The second-order valence-corrected chi connectivity index (χ2v) is 4.06. The number of halogens is 1. The first kappa shape index (κ1) is 11.5. The summed E-state index contributed by atoms with van der Waals surface area (Å²) in [7, 11) is 0. The van der Waals surface area contributed by atoms with Gasteiger partial charge in [-0.25, -0.2) is 0 Å². The zero-order valence-corrected chi connectivity index (χ0v) is 10.0. The van der Waals surface area contributed by atoms with Gasteiger partial charge in [-0.2, -0.15) is 0 Å². The lowest BCUT2D eigenvalue weighted by atomic mass is 10.1. The second-order valence-electron chi connectivity index (χ2n) is 3.68. The van der Waals surface area contributed by atoms with E-state index in [9.17, 15) is 4.79 Å². The largest absolute Gasteiger partial charge is 0.397 e. The molecule has 1 amide bonds. The number of hydrogen-bond donors (Lipinski definition) is 3. The molecule has 0 unspecified atom stereocenters. The van der Waals surface area contributed by atoms with Crippen LogP contribution in [0.5, 0.6) is 0 Å². The summed E-state index contributed by atoms with van der Waals surface area (Å²) in [6, 6.07) is 7.60. The molecule has 1 aromatic carbocycles. The summed E-state index contributed by atoms with van der Waals surface area (Å²) in [6.07, 6.45) is 1.77. The standard InChI is InChI=1S/C12H12ClN3O/c1-7(17)15-11-9(14)6-8-4-2-3-5-10(8)16-12(11)13/h2-6,16H,14H2,1H3,(H,15,17). The fourth-order valence-electron chi connectivity index (χ4n) is 1.59. The summed E-state index contributed by atoms with van der Waals surface area (Å²) in [5.74, 6) is -0.220. The minimum absolute atomic E-state index is 0.220. The van der Waals surface area contributed by atoms with Crippen LogP contribution in [0.4, 0.5) is 5.69 Å². The van der Waals surface area contributed by atoms with E-state index in [-0.39, 0.29) is 5.91 Å². The zero-order valence-electron chi connectivity index (χ0n) is 9.25. The van der Waals surface area contributed by atoms with Crippen LogP contribution in [-0.2, 0) is 4.79 Å². The Labute approximate surface area is 104 Å². The number of amides is 1. The fourth-order valence-corrected chi connectivity index (χ4v) is 1.85. The Kier molecular flexibility index (Phi) is 3.06. The Hall–Kier alpha value is -1.94. The summed E-state index contributed by atoms with van der Waals surface area (Å²) in [5.41, 5.74) is 8.48. The molecule has 2 rings (SSSR count). The molecule has 1 aliphatic heterocycles. The number of benzene rings is 1. The predicted molar refractivity (Wildman–Crippen MR) is 68.9 cm³/mol. The van der Waals surface area contributed by atoms with Crippen LogP contribution in [0.2, 0.25) is 0 Å². The summed E-state index contributed by atoms with van der Waals surface area (Å²) >= 11 is 6.09. The fraction of sp³-hybridized carbons (Fsp3) is 0.0833. The van der Waals surface area contributed by atoms with Crippen molar-refractivity contribution < 1.29 is 4.79 Å². The number of para-hydroxylation sites is 1. The molecule has 0 atom stereocenters. The Morgan fingerprint density at radius 3 is 2.82 bits per heavy atom. The minimum Gasteiger partial charge on any atom is -0.397 e. The molecule has 17 heavy (non-hydrogen) atoms. The normalized spacial score (nSPS) is 14.4. The molecule has 4 nitrogen and oxygen atoms in total. The molecule has 0 aromatic heterocycles. The average molecular weight is 250 g/mol. The number of nitrogens with two attached hydrogens (primary N) is 1. The van der Waals surface area contributed by atoms with Crippen LogP contribution in [-0.4, -0.2) is 5.91 Å². The molecule has 1 heterocycles. The Bertz CT molecular complexity index is 534.